The van der Waals surface area contributed by atoms with Crippen molar-refractivity contribution in [2.24, 2.45) is 0 Å². The van der Waals surface area contributed by atoms with Crippen LogP contribution in [0.5, 0.6) is 0 Å². The van der Waals surface area contributed by atoms with Crippen LogP contribution in [0.1, 0.15) is 6.92 Å². The number of hydrogen-bond acceptors (Lipinski definition) is 4. The Bertz CT molecular complexity index is 476. The Balaban J connectivity index is 3.03. The summed E-state index contributed by atoms with van der Waals surface area (Å²) in [5.74, 6) is -0.792. The van der Waals surface area contributed by atoms with Crippen LogP contribution in [-0.2, 0) is 10.0 Å². The standard InChI is InChI=1S/C9H13FN2O3S/c1-6(5-13)12-16(14,15)7-2-3-9(11)8(10)4-7/h2-4,6,12-13H,5,11H2,1H3/t6-/m1/s1. The van der Waals surface area contributed by atoms with Gasteiger partial charge in [-0.3, -0.25) is 0 Å². The van der Waals surface area contributed by atoms with Crippen molar-refractivity contribution in [1.29, 1.82) is 0 Å². The number of hydrogen-bond donors (Lipinski definition) is 3. The number of anilines is 1. The van der Waals surface area contributed by atoms with Gasteiger partial charge in [-0.25, -0.2) is 17.5 Å². The van der Waals surface area contributed by atoms with Gasteiger partial charge in [0.15, 0.2) is 0 Å². The maximum Gasteiger partial charge on any atom is 0.240 e. The SMILES string of the molecule is C[C@H](CO)NS(=O)(=O)c1ccc(N)c(F)c1. The molecule has 4 N–H and O–H groups in total. The van der Waals surface area contributed by atoms with Crippen LogP contribution < -0.4 is 10.5 Å². The van der Waals surface area contributed by atoms with Gasteiger partial charge in [-0.15, -0.1) is 0 Å². The lowest BCUT2D eigenvalue weighted by atomic mass is 10.3. The topological polar surface area (TPSA) is 92.4 Å². The van der Waals surface area contributed by atoms with Crippen LogP contribution in [0.2, 0.25) is 0 Å². The predicted octanol–water partition coefficient (Wildman–Crippen LogP) is 0.0670. The molecule has 1 aromatic carbocycles. The first kappa shape index (κ1) is 12.9. The smallest absolute Gasteiger partial charge is 0.240 e. The summed E-state index contributed by atoms with van der Waals surface area (Å²) >= 11 is 0. The number of nitrogens with two attached hydrogens (primary N) is 1. The molecule has 1 rings (SSSR count). The molecule has 0 unspecified atom stereocenters. The number of rotatable bonds is 4. The van der Waals surface area contributed by atoms with Gasteiger partial charge in [0.25, 0.3) is 0 Å². The van der Waals surface area contributed by atoms with Crippen LogP contribution in [0, 0.1) is 5.82 Å². The van der Waals surface area contributed by atoms with Crippen LogP contribution in [0.25, 0.3) is 0 Å². The van der Waals surface area contributed by atoms with E-state index in [2.05, 4.69) is 4.72 Å². The molecular weight excluding hydrogens is 235 g/mol. The molecule has 0 bridgehead atoms. The van der Waals surface area contributed by atoms with Crippen molar-refractivity contribution in [3.63, 3.8) is 0 Å². The van der Waals surface area contributed by atoms with Crippen molar-refractivity contribution < 1.29 is 17.9 Å². The molecule has 0 aliphatic heterocycles. The average Bonchev–Trinajstić information content (AvgIpc) is 2.21. The lowest BCUT2D eigenvalue weighted by molar-refractivity contribution is 0.265. The molecule has 0 aliphatic rings. The predicted molar refractivity (Wildman–Crippen MR) is 57.7 cm³/mol. The first-order valence-corrected chi connectivity index (χ1v) is 6.03. The van der Waals surface area contributed by atoms with Gasteiger partial charge in [-0.1, -0.05) is 0 Å². The van der Waals surface area contributed by atoms with E-state index in [1.807, 2.05) is 0 Å². The molecule has 0 amide bonds. The Kier molecular flexibility index (Phi) is 3.84. The maximum absolute atomic E-state index is 13.1. The zero-order valence-corrected chi connectivity index (χ0v) is 9.46. The third-order valence-electron chi connectivity index (χ3n) is 1.91. The van der Waals surface area contributed by atoms with Gasteiger partial charge in [0.2, 0.25) is 10.0 Å². The number of benzene rings is 1. The van der Waals surface area contributed by atoms with Crippen molar-refractivity contribution >= 4 is 15.7 Å². The van der Waals surface area contributed by atoms with Crippen molar-refractivity contribution in [1.82, 2.24) is 4.72 Å². The fourth-order valence-corrected chi connectivity index (χ4v) is 2.29. The van der Waals surface area contributed by atoms with E-state index in [-0.39, 0.29) is 17.2 Å². The van der Waals surface area contributed by atoms with Gasteiger partial charge in [0.05, 0.1) is 17.2 Å². The zero-order valence-electron chi connectivity index (χ0n) is 8.64. The van der Waals surface area contributed by atoms with Gasteiger partial charge < -0.3 is 10.8 Å². The summed E-state index contributed by atoms with van der Waals surface area (Å²) in [5, 5.41) is 8.72. The van der Waals surface area contributed by atoms with Crippen molar-refractivity contribution in [2.75, 3.05) is 12.3 Å². The first-order valence-electron chi connectivity index (χ1n) is 4.55. The number of sulfonamides is 1. The Morgan fingerprint density at radius 3 is 2.69 bits per heavy atom. The van der Waals surface area contributed by atoms with Crippen LogP contribution in [0.4, 0.5) is 10.1 Å². The van der Waals surface area contributed by atoms with Crippen LogP contribution in [0.15, 0.2) is 23.1 Å². The largest absolute Gasteiger partial charge is 0.396 e. The molecule has 0 aromatic heterocycles. The Morgan fingerprint density at radius 2 is 2.19 bits per heavy atom. The fourth-order valence-electron chi connectivity index (χ4n) is 1.05. The second-order valence-corrected chi connectivity index (χ2v) is 5.10. The number of halogens is 1. The van der Waals surface area contributed by atoms with E-state index in [1.54, 1.807) is 0 Å². The highest BCUT2D eigenvalue weighted by Gasteiger charge is 2.17. The van der Waals surface area contributed by atoms with Gasteiger partial charge in [-0.2, -0.15) is 0 Å². The van der Waals surface area contributed by atoms with Crippen LogP contribution >= 0.6 is 0 Å². The molecule has 0 saturated carbocycles. The minimum Gasteiger partial charge on any atom is -0.396 e. The Morgan fingerprint density at radius 1 is 1.56 bits per heavy atom. The summed E-state index contributed by atoms with van der Waals surface area (Å²) in [6.07, 6.45) is 0. The van der Waals surface area contributed by atoms with Gasteiger partial charge >= 0.3 is 0 Å². The molecule has 90 valence electrons. The molecule has 16 heavy (non-hydrogen) atoms. The molecule has 1 aromatic rings. The number of nitrogens with one attached hydrogen (secondary N) is 1. The monoisotopic (exact) mass is 248 g/mol. The minimum atomic E-state index is -3.82. The second kappa shape index (κ2) is 4.77. The van der Waals surface area contributed by atoms with E-state index in [1.165, 1.54) is 19.1 Å². The summed E-state index contributed by atoms with van der Waals surface area (Å²) in [7, 11) is -3.82. The molecule has 0 fully saturated rings. The lowest BCUT2D eigenvalue weighted by Crippen LogP contribution is -2.35. The summed E-state index contributed by atoms with van der Waals surface area (Å²) in [6.45, 7) is 1.15. The molecule has 0 spiro atoms. The Hall–Kier alpha value is -1.18. The Labute approximate surface area is 93.1 Å². The second-order valence-electron chi connectivity index (χ2n) is 3.39. The van der Waals surface area contributed by atoms with E-state index in [4.69, 9.17) is 10.8 Å². The first-order chi connectivity index (χ1) is 7.36. The third-order valence-corrected chi connectivity index (χ3v) is 3.50. The molecule has 1 atom stereocenters. The van der Waals surface area contributed by atoms with E-state index < -0.39 is 21.9 Å². The summed E-state index contributed by atoms with van der Waals surface area (Å²) < 4.78 is 38.5. The lowest BCUT2D eigenvalue weighted by Gasteiger charge is -2.11. The zero-order chi connectivity index (χ0) is 12.3. The highest BCUT2D eigenvalue weighted by atomic mass is 32.2. The summed E-state index contributed by atoms with van der Waals surface area (Å²) in [6, 6.07) is 2.57. The van der Waals surface area contributed by atoms with Gasteiger partial charge in [-0.05, 0) is 25.1 Å². The van der Waals surface area contributed by atoms with E-state index in [0.717, 1.165) is 6.07 Å². The van der Waals surface area contributed by atoms with Crippen molar-refractivity contribution in [3.05, 3.63) is 24.0 Å². The van der Waals surface area contributed by atoms with Crippen molar-refractivity contribution in [2.45, 2.75) is 17.9 Å². The number of nitrogen functional groups attached to an aromatic ring is 1. The molecule has 0 aliphatic carbocycles. The molecule has 0 saturated heterocycles. The molecule has 0 radical (unpaired) electrons. The van der Waals surface area contributed by atoms with E-state index in [9.17, 15) is 12.8 Å². The van der Waals surface area contributed by atoms with Gasteiger partial charge in [0, 0.05) is 6.04 Å². The molecule has 7 heteroatoms. The highest BCUT2D eigenvalue weighted by Crippen LogP contribution is 2.16. The average molecular weight is 248 g/mol. The van der Waals surface area contributed by atoms with Crippen molar-refractivity contribution in [3.8, 4) is 0 Å². The van der Waals surface area contributed by atoms with E-state index >= 15 is 0 Å². The quantitative estimate of drug-likeness (QED) is 0.657. The molecule has 0 heterocycles. The fraction of sp³-hybridized carbons (Fsp3) is 0.333. The highest BCUT2D eigenvalue weighted by molar-refractivity contribution is 7.89. The molecular formula is C9H13FN2O3S. The number of aliphatic hydroxyl groups is 1. The normalized spacial score (nSPS) is 13.7. The van der Waals surface area contributed by atoms with Gasteiger partial charge in [0.1, 0.15) is 5.82 Å². The van der Waals surface area contributed by atoms with Crippen LogP contribution in [0.3, 0.4) is 0 Å². The van der Waals surface area contributed by atoms with E-state index in [0.29, 0.717) is 0 Å². The molecule has 5 nitrogen and oxygen atoms in total. The van der Waals surface area contributed by atoms with Crippen LogP contribution in [-0.4, -0.2) is 26.2 Å². The minimum absolute atomic E-state index is 0.117. The number of aliphatic hydroxyl groups excluding tert-OH is 1. The maximum atomic E-state index is 13.1. The summed E-state index contributed by atoms with van der Waals surface area (Å²) in [5.41, 5.74) is 5.11. The summed E-state index contributed by atoms with van der Waals surface area (Å²) in [4.78, 5) is -0.223. The third kappa shape index (κ3) is 2.91.